The summed E-state index contributed by atoms with van der Waals surface area (Å²) in [5.74, 6) is 0.602. The first kappa shape index (κ1) is 20.9. The summed E-state index contributed by atoms with van der Waals surface area (Å²) in [7, 11) is 3.09. The van der Waals surface area contributed by atoms with E-state index >= 15 is 0 Å². The number of benzene rings is 1. The van der Waals surface area contributed by atoms with Gasteiger partial charge in [0.25, 0.3) is 0 Å². The number of nitrogens with zero attached hydrogens (tertiary/aromatic N) is 1. The van der Waals surface area contributed by atoms with Crippen molar-refractivity contribution in [3.63, 3.8) is 0 Å². The number of carbonyl (C=O) groups is 2. The number of morpholine rings is 1. The molecule has 1 atom stereocenters. The largest absolute Gasteiger partial charge is 0.493 e. The molecular formula is C20H27N3O6. The molecule has 1 aromatic rings. The number of carbonyl (C=O) groups excluding carboxylic acids is 2. The Morgan fingerprint density at radius 2 is 1.93 bits per heavy atom. The summed E-state index contributed by atoms with van der Waals surface area (Å²) >= 11 is 0. The fourth-order valence-corrected chi connectivity index (χ4v) is 3.46. The van der Waals surface area contributed by atoms with E-state index in [0.717, 1.165) is 13.1 Å². The number of rotatable bonds is 7. The Kier molecular flexibility index (Phi) is 6.95. The van der Waals surface area contributed by atoms with Gasteiger partial charge in [-0.15, -0.1) is 0 Å². The molecule has 1 fully saturated rings. The summed E-state index contributed by atoms with van der Waals surface area (Å²) in [6.07, 6.45) is 0. The van der Waals surface area contributed by atoms with Crippen LogP contribution in [-0.4, -0.2) is 70.6 Å². The molecule has 0 radical (unpaired) electrons. The molecule has 0 saturated carbocycles. The van der Waals surface area contributed by atoms with E-state index in [1.807, 2.05) is 0 Å². The SMILES string of the molecule is CCOC(=O)C1=C(CN2CCOCC2)NC(=O)NC1c1ccc(OC)c(OC)c1. The van der Waals surface area contributed by atoms with Crippen LogP contribution in [0, 0.1) is 0 Å². The minimum Gasteiger partial charge on any atom is -0.493 e. The van der Waals surface area contributed by atoms with Crippen molar-refractivity contribution in [3.8, 4) is 11.5 Å². The fourth-order valence-electron chi connectivity index (χ4n) is 3.46. The lowest BCUT2D eigenvalue weighted by Crippen LogP contribution is -2.49. The number of esters is 1. The molecule has 2 N–H and O–H groups in total. The van der Waals surface area contributed by atoms with Crippen LogP contribution >= 0.6 is 0 Å². The molecular weight excluding hydrogens is 378 g/mol. The first-order valence-corrected chi connectivity index (χ1v) is 9.57. The summed E-state index contributed by atoms with van der Waals surface area (Å²) in [5, 5.41) is 5.62. The van der Waals surface area contributed by atoms with Gasteiger partial charge in [0, 0.05) is 25.3 Å². The average Bonchev–Trinajstić information content (AvgIpc) is 2.73. The van der Waals surface area contributed by atoms with Crippen molar-refractivity contribution in [2.24, 2.45) is 0 Å². The predicted octanol–water partition coefficient (Wildman–Crippen LogP) is 1.21. The quantitative estimate of drug-likeness (QED) is 0.658. The van der Waals surface area contributed by atoms with Gasteiger partial charge in [-0.05, 0) is 24.6 Å². The van der Waals surface area contributed by atoms with E-state index in [2.05, 4.69) is 15.5 Å². The van der Waals surface area contributed by atoms with Crippen LogP contribution in [-0.2, 0) is 14.3 Å². The number of hydrogen-bond acceptors (Lipinski definition) is 7. The van der Waals surface area contributed by atoms with E-state index in [1.165, 1.54) is 7.11 Å². The van der Waals surface area contributed by atoms with Gasteiger partial charge in [-0.3, -0.25) is 4.90 Å². The van der Waals surface area contributed by atoms with Gasteiger partial charge < -0.3 is 29.6 Å². The van der Waals surface area contributed by atoms with E-state index in [1.54, 1.807) is 32.2 Å². The second-order valence-corrected chi connectivity index (χ2v) is 6.65. The number of urea groups is 1. The lowest BCUT2D eigenvalue weighted by atomic mass is 9.94. The summed E-state index contributed by atoms with van der Waals surface area (Å²) in [6, 6.07) is 4.25. The highest BCUT2D eigenvalue weighted by Gasteiger charge is 2.35. The van der Waals surface area contributed by atoms with Crippen molar-refractivity contribution in [2.45, 2.75) is 13.0 Å². The number of amides is 2. The van der Waals surface area contributed by atoms with Crippen molar-refractivity contribution < 1.29 is 28.5 Å². The Bertz CT molecular complexity index is 788. The Hall–Kier alpha value is -2.78. The molecule has 3 rings (SSSR count). The lowest BCUT2D eigenvalue weighted by Gasteiger charge is -2.33. The third-order valence-corrected chi connectivity index (χ3v) is 4.88. The van der Waals surface area contributed by atoms with E-state index in [9.17, 15) is 9.59 Å². The van der Waals surface area contributed by atoms with Gasteiger partial charge in [0.15, 0.2) is 11.5 Å². The molecule has 2 amide bonds. The van der Waals surface area contributed by atoms with Gasteiger partial charge in [-0.2, -0.15) is 0 Å². The molecule has 0 aliphatic carbocycles. The van der Waals surface area contributed by atoms with Crippen molar-refractivity contribution in [2.75, 3.05) is 53.7 Å². The molecule has 1 saturated heterocycles. The maximum Gasteiger partial charge on any atom is 0.338 e. The van der Waals surface area contributed by atoms with Gasteiger partial charge in [-0.25, -0.2) is 9.59 Å². The standard InChI is InChI=1S/C20H27N3O6/c1-4-29-19(24)17-14(12-23-7-9-28-10-8-23)21-20(25)22-18(17)13-5-6-15(26-2)16(11-13)27-3/h5-6,11,18H,4,7-10,12H2,1-3H3,(H2,21,22,25). The molecule has 2 aliphatic heterocycles. The third-order valence-electron chi connectivity index (χ3n) is 4.88. The molecule has 158 valence electrons. The zero-order valence-corrected chi connectivity index (χ0v) is 16.9. The average molecular weight is 405 g/mol. The Labute approximate surface area is 169 Å². The number of ether oxygens (including phenoxy) is 4. The van der Waals surface area contributed by atoms with Crippen LogP contribution in [0.25, 0.3) is 0 Å². The molecule has 0 spiro atoms. The maximum atomic E-state index is 12.8. The lowest BCUT2D eigenvalue weighted by molar-refractivity contribution is -0.139. The number of hydrogen-bond donors (Lipinski definition) is 2. The second kappa shape index (κ2) is 9.62. The van der Waals surface area contributed by atoms with Crippen molar-refractivity contribution in [3.05, 3.63) is 35.0 Å². The van der Waals surface area contributed by atoms with Crippen LogP contribution < -0.4 is 20.1 Å². The Morgan fingerprint density at radius 1 is 1.21 bits per heavy atom. The molecule has 1 unspecified atom stereocenters. The first-order valence-electron chi connectivity index (χ1n) is 9.57. The summed E-state index contributed by atoms with van der Waals surface area (Å²) in [5.41, 5.74) is 1.61. The van der Waals surface area contributed by atoms with E-state index in [4.69, 9.17) is 18.9 Å². The highest BCUT2D eigenvalue weighted by molar-refractivity contribution is 5.95. The molecule has 9 heteroatoms. The van der Waals surface area contributed by atoms with Crippen molar-refractivity contribution in [1.82, 2.24) is 15.5 Å². The zero-order chi connectivity index (χ0) is 20.8. The summed E-state index contributed by atoms with van der Waals surface area (Å²) < 4.78 is 21.4. The molecule has 1 aromatic carbocycles. The van der Waals surface area contributed by atoms with Gasteiger partial charge >= 0.3 is 12.0 Å². The first-order chi connectivity index (χ1) is 14.1. The normalized spacial score (nSPS) is 20.0. The molecule has 2 aliphatic rings. The zero-order valence-electron chi connectivity index (χ0n) is 16.9. The predicted molar refractivity (Wildman–Crippen MR) is 105 cm³/mol. The number of methoxy groups -OCH3 is 2. The van der Waals surface area contributed by atoms with Crippen LogP contribution in [0.4, 0.5) is 4.79 Å². The minimum atomic E-state index is -0.668. The second-order valence-electron chi connectivity index (χ2n) is 6.65. The van der Waals surface area contributed by atoms with Crippen LogP contribution in [0.5, 0.6) is 11.5 Å². The monoisotopic (exact) mass is 405 g/mol. The number of nitrogens with one attached hydrogen (secondary N) is 2. The van der Waals surface area contributed by atoms with Gasteiger partial charge in [-0.1, -0.05) is 6.07 Å². The van der Waals surface area contributed by atoms with Crippen LogP contribution in [0.15, 0.2) is 29.5 Å². The molecule has 9 nitrogen and oxygen atoms in total. The topological polar surface area (TPSA) is 98.4 Å². The Balaban J connectivity index is 2.01. The van der Waals surface area contributed by atoms with Gasteiger partial charge in [0.05, 0.1) is 45.7 Å². The van der Waals surface area contributed by atoms with Crippen LogP contribution in [0.1, 0.15) is 18.5 Å². The maximum absolute atomic E-state index is 12.8. The summed E-state index contributed by atoms with van der Waals surface area (Å²) in [6.45, 7) is 5.10. The molecule has 0 aromatic heterocycles. The van der Waals surface area contributed by atoms with Gasteiger partial charge in [0.2, 0.25) is 0 Å². The van der Waals surface area contributed by atoms with Gasteiger partial charge in [0.1, 0.15) is 0 Å². The molecule has 29 heavy (non-hydrogen) atoms. The van der Waals surface area contributed by atoms with E-state index < -0.39 is 12.0 Å². The molecule has 2 heterocycles. The highest BCUT2D eigenvalue weighted by Crippen LogP contribution is 2.34. The third kappa shape index (κ3) is 4.80. The van der Waals surface area contributed by atoms with Crippen LogP contribution in [0.2, 0.25) is 0 Å². The smallest absolute Gasteiger partial charge is 0.338 e. The molecule has 0 bridgehead atoms. The summed E-state index contributed by atoms with van der Waals surface area (Å²) in [4.78, 5) is 27.4. The van der Waals surface area contributed by atoms with Crippen molar-refractivity contribution in [1.29, 1.82) is 0 Å². The highest BCUT2D eigenvalue weighted by atomic mass is 16.5. The minimum absolute atomic E-state index is 0.236. The Morgan fingerprint density at radius 3 is 2.59 bits per heavy atom. The van der Waals surface area contributed by atoms with E-state index in [-0.39, 0.29) is 12.6 Å². The van der Waals surface area contributed by atoms with E-state index in [0.29, 0.717) is 48.1 Å². The van der Waals surface area contributed by atoms with Crippen molar-refractivity contribution >= 4 is 12.0 Å². The van der Waals surface area contributed by atoms with Crippen LogP contribution in [0.3, 0.4) is 0 Å². The fraction of sp³-hybridized carbons (Fsp3) is 0.500.